The van der Waals surface area contributed by atoms with Crippen molar-refractivity contribution >= 4 is 45.2 Å². The highest BCUT2D eigenvalue weighted by atomic mass is 79.9. The van der Waals surface area contributed by atoms with E-state index >= 15 is 0 Å². The van der Waals surface area contributed by atoms with Crippen molar-refractivity contribution in [2.24, 2.45) is 0 Å². The van der Waals surface area contributed by atoms with Gasteiger partial charge in [-0.15, -0.1) is 0 Å². The van der Waals surface area contributed by atoms with E-state index in [4.69, 9.17) is 21.4 Å². The minimum Gasteiger partial charge on any atom is -0.479 e. The Morgan fingerprint density at radius 1 is 1.50 bits per heavy atom. The molecule has 108 valence electrons. The zero-order valence-electron chi connectivity index (χ0n) is 10.3. The second kappa shape index (κ2) is 6.43. The zero-order chi connectivity index (χ0) is 14.7. The first-order chi connectivity index (χ1) is 9.47. The highest BCUT2D eigenvalue weighted by molar-refractivity contribution is 9.10. The number of carbonyl (C=O) groups excluding carboxylic acids is 1. The monoisotopic (exact) mass is 362 g/mol. The average molecular weight is 364 g/mol. The minimum atomic E-state index is -1.08. The molecule has 1 aromatic carbocycles. The number of hydrogen-bond acceptors (Lipinski definition) is 3. The van der Waals surface area contributed by atoms with Gasteiger partial charge in [-0.1, -0.05) is 27.5 Å². The molecular weight excluding hydrogens is 351 g/mol. The van der Waals surface area contributed by atoms with Crippen molar-refractivity contribution in [2.45, 2.75) is 6.10 Å². The van der Waals surface area contributed by atoms with Crippen LogP contribution >= 0.6 is 27.5 Å². The van der Waals surface area contributed by atoms with Gasteiger partial charge in [-0.25, -0.2) is 9.59 Å². The van der Waals surface area contributed by atoms with E-state index in [-0.39, 0.29) is 13.2 Å². The smallest absolute Gasteiger partial charge is 0.334 e. The third-order valence-corrected chi connectivity index (χ3v) is 3.62. The number of halogens is 2. The quantitative estimate of drug-likeness (QED) is 0.846. The fourth-order valence-corrected chi connectivity index (χ4v) is 2.30. The van der Waals surface area contributed by atoms with Crippen molar-refractivity contribution in [1.29, 1.82) is 0 Å². The van der Waals surface area contributed by atoms with Gasteiger partial charge in [-0.3, -0.25) is 0 Å². The Kier molecular flexibility index (Phi) is 4.85. The average Bonchev–Trinajstić information content (AvgIpc) is 2.43. The summed E-state index contributed by atoms with van der Waals surface area (Å²) in [6.07, 6.45) is -0.993. The minimum absolute atomic E-state index is 0.00674. The van der Waals surface area contributed by atoms with Gasteiger partial charge in [0.2, 0.25) is 0 Å². The molecule has 0 saturated carbocycles. The van der Waals surface area contributed by atoms with Gasteiger partial charge in [0.15, 0.2) is 6.10 Å². The Hall–Kier alpha value is -1.31. The van der Waals surface area contributed by atoms with Crippen LogP contribution in [0.15, 0.2) is 22.7 Å². The number of nitrogens with one attached hydrogen (secondary N) is 1. The molecule has 1 aliphatic heterocycles. The van der Waals surface area contributed by atoms with Crippen LogP contribution in [0.1, 0.15) is 0 Å². The molecule has 0 bridgehead atoms. The fraction of sp³-hybridized carbons (Fsp3) is 0.333. The van der Waals surface area contributed by atoms with E-state index in [0.29, 0.717) is 17.3 Å². The normalized spacial score (nSPS) is 18.7. The predicted molar refractivity (Wildman–Crippen MR) is 77.1 cm³/mol. The maximum Gasteiger partial charge on any atom is 0.334 e. The topological polar surface area (TPSA) is 78.9 Å². The zero-order valence-corrected chi connectivity index (χ0v) is 12.6. The highest BCUT2D eigenvalue weighted by Crippen LogP contribution is 2.26. The van der Waals surface area contributed by atoms with E-state index in [1.807, 2.05) is 0 Å². The molecule has 2 N–H and O–H groups in total. The van der Waals surface area contributed by atoms with Crippen LogP contribution in [0.4, 0.5) is 10.5 Å². The van der Waals surface area contributed by atoms with Crippen molar-refractivity contribution in [3.8, 4) is 0 Å². The van der Waals surface area contributed by atoms with Crippen LogP contribution in [-0.4, -0.2) is 47.8 Å². The lowest BCUT2D eigenvalue weighted by Gasteiger charge is -2.30. The lowest BCUT2D eigenvalue weighted by Crippen LogP contribution is -2.49. The van der Waals surface area contributed by atoms with Gasteiger partial charge in [-0.2, -0.15) is 0 Å². The molecule has 1 saturated heterocycles. The van der Waals surface area contributed by atoms with Crippen LogP contribution in [0, 0.1) is 0 Å². The standard InChI is InChI=1S/C12H12BrClN2O4/c13-7-1-2-8(14)9(5-7)15-12(19)16-3-4-20-10(6-16)11(17)18/h1-2,5,10H,3-4,6H2,(H,15,19)(H,17,18). The van der Waals surface area contributed by atoms with Crippen LogP contribution in [0.2, 0.25) is 5.02 Å². The Bertz CT molecular complexity index is 540. The van der Waals surface area contributed by atoms with Crippen molar-refractivity contribution in [2.75, 3.05) is 25.0 Å². The summed E-state index contributed by atoms with van der Waals surface area (Å²) in [7, 11) is 0. The van der Waals surface area contributed by atoms with Crippen molar-refractivity contribution < 1.29 is 19.4 Å². The summed E-state index contributed by atoms with van der Waals surface area (Å²) in [5.41, 5.74) is 0.462. The van der Waals surface area contributed by atoms with Gasteiger partial charge < -0.3 is 20.1 Å². The second-order valence-electron chi connectivity index (χ2n) is 4.20. The number of carboxylic acid groups (broad SMARTS) is 1. The first-order valence-electron chi connectivity index (χ1n) is 5.83. The predicted octanol–water partition coefficient (Wildman–Crippen LogP) is 2.42. The number of ether oxygens (including phenoxy) is 1. The largest absolute Gasteiger partial charge is 0.479 e. The molecule has 0 aromatic heterocycles. The number of hydrogen-bond donors (Lipinski definition) is 2. The number of morpholine rings is 1. The van der Waals surface area contributed by atoms with Gasteiger partial charge in [0.1, 0.15) is 0 Å². The van der Waals surface area contributed by atoms with Crippen LogP contribution in [-0.2, 0) is 9.53 Å². The number of rotatable bonds is 2. The molecule has 1 aliphatic rings. The molecule has 6 nitrogen and oxygen atoms in total. The summed E-state index contributed by atoms with van der Waals surface area (Å²) < 4.78 is 5.84. The van der Waals surface area contributed by atoms with Crippen LogP contribution in [0.25, 0.3) is 0 Å². The number of amides is 2. The van der Waals surface area contributed by atoms with Gasteiger partial charge in [-0.05, 0) is 18.2 Å². The Balaban J connectivity index is 2.04. The molecule has 2 rings (SSSR count). The van der Waals surface area contributed by atoms with E-state index in [0.717, 1.165) is 4.47 Å². The van der Waals surface area contributed by atoms with E-state index in [1.54, 1.807) is 18.2 Å². The SMILES string of the molecule is O=C(O)C1CN(C(=O)Nc2cc(Br)ccc2Cl)CCO1. The van der Waals surface area contributed by atoms with Gasteiger partial charge in [0, 0.05) is 11.0 Å². The van der Waals surface area contributed by atoms with E-state index in [1.165, 1.54) is 4.90 Å². The molecule has 1 unspecified atom stereocenters. The Morgan fingerprint density at radius 2 is 2.25 bits per heavy atom. The molecule has 2 amide bonds. The van der Waals surface area contributed by atoms with Crippen molar-refractivity contribution in [3.05, 3.63) is 27.7 Å². The lowest BCUT2D eigenvalue weighted by atomic mass is 10.3. The number of urea groups is 1. The number of aliphatic carboxylic acids is 1. The van der Waals surface area contributed by atoms with Gasteiger partial charge in [0.05, 0.1) is 23.9 Å². The summed E-state index contributed by atoms with van der Waals surface area (Å²) in [6.45, 7) is 0.532. The molecule has 0 spiro atoms. The Morgan fingerprint density at radius 3 is 2.95 bits per heavy atom. The number of nitrogens with zero attached hydrogens (tertiary/aromatic N) is 1. The molecule has 1 aromatic rings. The van der Waals surface area contributed by atoms with E-state index < -0.39 is 18.1 Å². The molecule has 0 aliphatic carbocycles. The lowest BCUT2D eigenvalue weighted by molar-refractivity contribution is -0.154. The molecular formula is C12H12BrClN2O4. The summed E-state index contributed by atoms with van der Waals surface area (Å²) in [4.78, 5) is 24.3. The summed E-state index contributed by atoms with van der Waals surface area (Å²) in [5, 5.41) is 12.0. The summed E-state index contributed by atoms with van der Waals surface area (Å²) in [6, 6.07) is 4.68. The molecule has 8 heteroatoms. The molecule has 1 atom stereocenters. The maximum absolute atomic E-state index is 12.1. The summed E-state index contributed by atoms with van der Waals surface area (Å²) in [5.74, 6) is -1.08. The summed E-state index contributed by atoms with van der Waals surface area (Å²) >= 11 is 9.28. The number of anilines is 1. The van der Waals surface area contributed by atoms with Crippen molar-refractivity contribution in [3.63, 3.8) is 0 Å². The molecule has 20 heavy (non-hydrogen) atoms. The molecule has 1 heterocycles. The number of carboxylic acids is 1. The number of benzene rings is 1. The highest BCUT2D eigenvalue weighted by Gasteiger charge is 2.29. The van der Waals surface area contributed by atoms with Gasteiger partial charge >= 0.3 is 12.0 Å². The van der Waals surface area contributed by atoms with Gasteiger partial charge in [0.25, 0.3) is 0 Å². The van der Waals surface area contributed by atoms with E-state index in [9.17, 15) is 9.59 Å². The Labute approximate surface area is 128 Å². The van der Waals surface area contributed by atoms with Crippen LogP contribution in [0.5, 0.6) is 0 Å². The first-order valence-corrected chi connectivity index (χ1v) is 7.00. The van der Waals surface area contributed by atoms with Crippen LogP contribution in [0.3, 0.4) is 0 Å². The molecule has 1 fully saturated rings. The third-order valence-electron chi connectivity index (χ3n) is 2.80. The second-order valence-corrected chi connectivity index (χ2v) is 5.52. The van der Waals surface area contributed by atoms with Crippen molar-refractivity contribution in [1.82, 2.24) is 4.90 Å². The van der Waals surface area contributed by atoms with E-state index in [2.05, 4.69) is 21.2 Å². The maximum atomic E-state index is 12.1. The fourth-order valence-electron chi connectivity index (χ4n) is 1.77. The van der Waals surface area contributed by atoms with Crippen LogP contribution < -0.4 is 5.32 Å². The molecule has 0 radical (unpaired) electrons. The third kappa shape index (κ3) is 3.62. The number of carbonyl (C=O) groups is 2. The first kappa shape index (κ1) is 15.1.